The minimum absolute atomic E-state index is 0.854. The van der Waals surface area contributed by atoms with E-state index in [1.807, 2.05) is 50.5 Å². The summed E-state index contributed by atoms with van der Waals surface area (Å²) in [5.74, 6) is 0. The average molecular weight is 305 g/mol. The highest BCUT2D eigenvalue weighted by molar-refractivity contribution is 5.87. The van der Waals surface area contributed by atoms with Crippen LogP contribution in [0.4, 0.5) is 17.1 Å². The zero-order valence-electron chi connectivity index (χ0n) is 13.8. The van der Waals surface area contributed by atoms with Gasteiger partial charge >= 0.3 is 0 Å². The molecule has 0 fully saturated rings. The van der Waals surface area contributed by atoms with Crippen LogP contribution < -0.4 is 9.47 Å². The fourth-order valence-corrected chi connectivity index (χ4v) is 2.56. The molecule has 23 heavy (non-hydrogen) atoms. The van der Waals surface area contributed by atoms with Crippen LogP contribution >= 0.6 is 0 Å². The number of aryl methyl sites for hydroxylation is 1. The van der Waals surface area contributed by atoms with Crippen molar-refractivity contribution in [3.05, 3.63) is 60.8 Å². The molecule has 4 heteroatoms. The Kier molecular flexibility index (Phi) is 4.33. The van der Waals surface area contributed by atoms with Gasteiger partial charge in [0, 0.05) is 31.9 Å². The molecule has 0 unspecified atom stereocenters. The molecule has 0 aliphatic carbocycles. The van der Waals surface area contributed by atoms with Gasteiger partial charge in [0.15, 0.2) is 6.20 Å². The molecule has 1 aromatic heterocycles. The zero-order chi connectivity index (χ0) is 16.2. The standard InChI is InChI=1S/C19H21N4/c1-4-23-14-13-18(17-7-5-6-8-19(17)23)21-20-15-9-11-16(12-10-15)22(2)3/h5-14H,4H2,1-3H3/q+1. The Balaban J connectivity index is 1.95. The summed E-state index contributed by atoms with van der Waals surface area (Å²) in [5, 5.41) is 9.95. The number of hydrogen-bond acceptors (Lipinski definition) is 3. The van der Waals surface area contributed by atoms with E-state index in [1.54, 1.807) is 0 Å². The minimum Gasteiger partial charge on any atom is -0.378 e. The molecule has 0 amide bonds. The number of fused-ring (bicyclic) bond motifs is 1. The predicted octanol–water partition coefficient (Wildman–Crippen LogP) is 4.63. The van der Waals surface area contributed by atoms with Crippen LogP contribution in [0.15, 0.2) is 71.0 Å². The molecule has 3 aromatic rings. The molecule has 2 aromatic carbocycles. The number of pyridine rings is 1. The first kappa shape index (κ1) is 15.2. The van der Waals surface area contributed by atoms with Gasteiger partial charge in [-0.05, 0) is 37.3 Å². The maximum Gasteiger partial charge on any atom is 0.214 e. The van der Waals surface area contributed by atoms with Gasteiger partial charge < -0.3 is 4.90 Å². The zero-order valence-corrected chi connectivity index (χ0v) is 13.8. The van der Waals surface area contributed by atoms with E-state index in [4.69, 9.17) is 0 Å². The van der Waals surface area contributed by atoms with Crippen LogP contribution in [0.3, 0.4) is 0 Å². The van der Waals surface area contributed by atoms with Gasteiger partial charge in [0.25, 0.3) is 0 Å². The number of azo groups is 1. The molecule has 0 radical (unpaired) electrons. The van der Waals surface area contributed by atoms with E-state index in [-0.39, 0.29) is 0 Å². The molecule has 0 aliphatic rings. The van der Waals surface area contributed by atoms with Gasteiger partial charge in [0.2, 0.25) is 5.52 Å². The summed E-state index contributed by atoms with van der Waals surface area (Å²) in [5.41, 5.74) is 4.07. The highest BCUT2D eigenvalue weighted by atomic mass is 15.1. The summed E-state index contributed by atoms with van der Waals surface area (Å²) in [7, 11) is 4.05. The van der Waals surface area contributed by atoms with Crippen molar-refractivity contribution < 1.29 is 4.57 Å². The maximum absolute atomic E-state index is 4.45. The summed E-state index contributed by atoms with van der Waals surface area (Å²) in [6.07, 6.45) is 2.06. The van der Waals surface area contributed by atoms with Crippen molar-refractivity contribution in [3.8, 4) is 0 Å². The summed E-state index contributed by atoms with van der Waals surface area (Å²) >= 11 is 0. The summed E-state index contributed by atoms with van der Waals surface area (Å²) in [6.45, 7) is 3.07. The molecule has 1 heterocycles. The largest absolute Gasteiger partial charge is 0.378 e. The van der Waals surface area contributed by atoms with Gasteiger partial charge in [0.1, 0.15) is 12.2 Å². The first-order chi connectivity index (χ1) is 11.2. The lowest BCUT2D eigenvalue weighted by Crippen LogP contribution is -2.32. The van der Waals surface area contributed by atoms with Gasteiger partial charge in [-0.15, -0.1) is 5.11 Å². The molecule has 0 N–H and O–H groups in total. The van der Waals surface area contributed by atoms with Crippen molar-refractivity contribution in [2.24, 2.45) is 10.2 Å². The molecule has 0 aliphatic heterocycles. The second-order valence-corrected chi connectivity index (χ2v) is 5.61. The number of hydrogen-bond donors (Lipinski definition) is 0. The van der Waals surface area contributed by atoms with Crippen molar-refractivity contribution in [1.29, 1.82) is 0 Å². The van der Waals surface area contributed by atoms with Gasteiger partial charge in [-0.1, -0.05) is 12.1 Å². The van der Waals surface area contributed by atoms with Crippen molar-refractivity contribution in [1.82, 2.24) is 0 Å². The Bertz CT molecular complexity index is 836. The van der Waals surface area contributed by atoms with Crippen LogP contribution in [0, 0.1) is 0 Å². The molecule has 0 spiro atoms. The lowest BCUT2D eigenvalue weighted by Gasteiger charge is -2.11. The Morgan fingerprint density at radius 3 is 2.35 bits per heavy atom. The molecule has 0 atom stereocenters. The second kappa shape index (κ2) is 6.57. The maximum atomic E-state index is 4.45. The van der Waals surface area contributed by atoms with E-state index >= 15 is 0 Å². The fraction of sp³-hybridized carbons (Fsp3) is 0.211. The highest BCUT2D eigenvalue weighted by Crippen LogP contribution is 2.26. The molecule has 3 rings (SSSR count). The van der Waals surface area contributed by atoms with Gasteiger partial charge in [-0.25, -0.2) is 0 Å². The van der Waals surface area contributed by atoms with E-state index in [0.29, 0.717) is 0 Å². The third-order valence-electron chi connectivity index (χ3n) is 3.88. The fourth-order valence-electron chi connectivity index (χ4n) is 2.56. The van der Waals surface area contributed by atoms with E-state index in [0.717, 1.165) is 29.0 Å². The number of benzene rings is 2. The van der Waals surface area contributed by atoms with E-state index < -0.39 is 0 Å². The molecule has 0 bridgehead atoms. The van der Waals surface area contributed by atoms with E-state index in [9.17, 15) is 0 Å². The first-order valence-electron chi connectivity index (χ1n) is 7.79. The highest BCUT2D eigenvalue weighted by Gasteiger charge is 2.10. The van der Waals surface area contributed by atoms with Crippen LogP contribution in [0.2, 0.25) is 0 Å². The number of para-hydroxylation sites is 1. The third-order valence-corrected chi connectivity index (χ3v) is 3.88. The Morgan fingerprint density at radius 1 is 0.913 bits per heavy atom. The Labute approximate surface area is 136 Å². The van der Waals surface area contributed by atoms with Gasteiger partial charge in [-0.2, -0.15) is 9.68 Å². The van der Waals surface area contributed by atoms with Crippen molar-refractivity contribution in [2.75, 3.05) is 19.0 Å². The van der Waals surface area contributed by atoms with E-state index in [1.165, 1.54) is 5.52 Å². The molecule has 4 nitrogen and oxygen atoms in total. The Morgan fingerprint density at radius 2 is 1.65 bits per heavy atom. The van der Waals surface area contributed by atoms with Gasteiger partial charge in [-0.3, -0.25) is 0 Å². The number of nitrogens with zero attached hydrogens (tertiary/aromatic N) is 4. The first-order valence-corrected chi connectivity index (χ1v) is 7.79. The normalized spacial score (nSPS) is 11.3. The smallest absolute Gasteiger partial charge is 0.214 e. The summed E-state index contributed by atoms with van der Waals surface area (Å²) in [4.78, 5) is 2.06. The van der Waals surface area contributed by atoms with Crippen molar-refractivity contribution in [3.63, 3.8) is 0 Å². The predicted molar refractivity (Wildman–Crippen MR) is 94.8 cm³/mol. The van der Waals surface area contributed by atoms with Crippen molar-refractivity contribution in [2.45, 2.75) is 13.5 Å². The third kappa shape index (κ3) is 3.21. The van der Waals surface area contributed by atoms with E-state index in [2.05, 4.69) is 51.0 Å². The van der Waals surface area contributed by atoms with Gasteiger partial charge in [0.05, 0.1) is 11.1 Å². The lowest BCUT2D eigenvalue weighted by molar-refractivity contribution is -0.667. The number of rotatable bonds is 4. The molecule has 0 saturated carbocycles. The van der Waals surface area contributed by atoms with Crippen molar-refractivity contribution >= 4 is 28.0 Å². The number of anilines is 1. The van der Waals surface area contributed by atoms with Crippen LogP contribution in [0.1, 0.15) is 6.92 Å². The second-order valence-electron chi connectivity index (χ2n) is 5.61. The minimum atomic E-state index is 0.854. The Hall–Kier alpha value is -2.75. The lowest BCUT2D eigenvalue weighted by atomic mass is 10.2. The SMILES string of the molecule is CC[n+]1ccc(N=Nc2ccc(N(C)C)cc2)c2ccccc21. The quantitative estimate of drug-likeness (QED) is 0.511. The topological polar surface area (TPSA) is 31.8 Å². The molecular weight excluding hydrogens is 284 g/mol. The molecule has 116 valence electrons. The molecule has 0 saturated heterocycles. The van der Waals surface area contributed by atoms with Crippen LogP contribution in [0.5, 0.6) is 0 Å². The summed E-state index contributed by atoms with van der Waals surface area (Å²) in [6, 6.07) is 18.4. The van der Waals surface area contributed by atoms with Crippen LogP contribution in [-0.4, -0.2) is 14.1 Å². The van der Waals surface area contributed by atoms with Crippen LogP contribution in [-0.2, 0) is 6.54 Å². The average Bonchev–Trinajstić information content (AvgIpc) is 2.60. The monoisotopic (exact) mass is 305 g/mol. The molecular formula is C19H21N4+. The number of aromatic nitrogens is 1. The summed E-state index contributed by atoms with van der Waals surface area (Å²) < 4.78 is 2.21. The van der Waals surface area contributed by atoms with Crippen LogP contribution in [0.25, 0.3) is 10.9 Å².